The van der Waals surface area contributed by atoms with Crippen molar-refractivity contribution >= 4 is 11.9 Å². The first-order chi connectivity index (χ1) is 8.76. The molecule has 3 N–H and O–H groups in total. The monoisotopic (exact) mass is 249 g/mol. The third-order valence-corrected chi connectivity index (χ3v) is 2.01. The predicted molar refractivity (Wildman–Crippen MR) is 65.5 cm³/mol. The standard InChI is InChI=1S/C11H15N5O2/c1-13-11(15-7-9-3-2-6-18-9)16-8-10(17)14-5-4-12/h2-3,6H,5,7-8H2,1H3,(H,14,17)(H2,13,15,16). The lowest BCUT2D eigenvalue weighted by atomic mass is 10.4. The molecule has 7 nitrogen and oxygen atoms in total. The number of amides is 1. The molecule has 0 fully saturated rings. The molecule has 1 heterocycles. The van der Waals surface area contributed by atoms with Crippen LogP contribution in [0.15, 0.2) is 27.8 Å². The zero-order valence-corrected chi connectivity index (χ0v) is 10.1. The first-order valence-corrected chi connectivity index (χ1v) is 5.37. The van der Waals surface area contributed by atoms with Crippen LogP contribution in [0.3, 0.4) is 0 Å². The Bertz CT molecular complexity index is 433. The van der Waals surface area contributed by atoms with Gasteiger partial charge in [-0.1, -0.05) is 0 Å². The molecule has 0 saturated carbocycles. The van der Waals surface area contributed by atoms with Gasteiger partial charge in [-0.2, -0.15) is 5.26 Å². The third kappa shape index (κ3) is 5.03. The average molecular weight is 249 g/mol. The molecule has 1 aromatic rings. The summed E-state index contributed by atoms with van der Waals surface area (Å²) in [5.74, 6) is 0.989. The summed E-state index contributed by atoms with van der Waals surface area (Å²) in [5, 5.41) is 16.5. The number of carbonyl (C=O) groups excluding carboxylic acids is 1. The van der Waals surface area contributed by atoms with Gasteiger partial charge in [0, 0.05) is 7.05 Å². The van der Waals surface area contributed by atoms with E-state index in [1.54, 1.807) is 19.4 Å². The van der Waals surface area contributed by atoms with Gasteiger partial charge in [0.05, 0.1) is 25.4 Å². The quantitative estimate of drug-likeness (QED) is 0.374. The fourth-order valence-corrected chi connectivity index (χ4v) is 1.17. The normalized spacial score (nSPS) is 10.6. The molecular weight excluding hydrogens is 234 g/mol. The van der Waals surface area contributed by atoms with E-state index in [4.69, 9.17) is 9.68 Å². The van der Waals surface area contributed by atoms with Crippen molar-refractivity contribution in [3.05, 3.63) is 24.2 Å². The van der Waals surface area contributed by atoms with Crippen molar-refractivity contribution in [3.63, 3.8) is 0 Å². The van der Waals surface area contributed by atoms with Gasteiger partial charge in [-0.25, -0.2) is 0 Å². The maximum atomic E-state index is 11.2. The molecule has 1 amide bonds. The number of hydrogen-bond donors (Lipinski definition) is 3. The number of nitriles is 1. The Balaban J connectivity index is 2.26. The Morgan fingerprint density at radius 2 is 2.33 bits per heavy atom. The van der Waals surface area contributed by atoms with Crippen LogP contribution in [0.25, 0.3) is 0 Å². The molecule has 1 aromatic heterocycles. The highest BCUT2D eigenvalue weighted by Crippen LogP contribution is 1.97. The van der Waals surface area contributed by atoms with E-state index in [9.17, 15) is 4.79 Å². The van der Waals surface area contributed by atoms with E-state index >= 15 is 0 Å². The van der Waals surface area contributed by atoms with Crippen molar-refractivity contribution in [2.45, 2.75) is 6.54 Å². The van der Waals surface area contributed by atoms with Crippen molar-refractivity contribution in [2.24, 2.45) is 4.99 Å². The minimum absolute atomic E-state index is 0.00105. The lowest BCUT2D eigenvalue weighted by molar-refractivity contribution is -0.119. The van der Waals surface area contributed by atoms with Gasteiger partial charge >= 0.3 is 0 Å². The Morgan fingerprint density at radius 3 is 2.94 bits per heavy atom. The van der Waals surface area contributed by atoms with E-state index in [-0.39, 0.29) is 19.0 Å². The van der Waals surface area contributed by atoms with Crippen molar-refractivity contribution in [2.75, 3.05) is 20.1 Å². The van der Waals surface area contributed by atoms with Gasteiger partial charge in [-0.15, -0.1) is 0 Å². The van der Waals surface area contributed by atoms with E-state index in [2.05, 4.69) is 20.9 Å². The molecule has 18 heavy (non-hydrogen) atoms. The molecule has 0 bridgehead atoms. The van der Waals surface area contributed by atoms with Gasteiger partial charge in [0.2, 0.25) is 5.91 Å². The lowest BCUT2D eigenvalue weighted by Crippen LogP contribution is -2.42. The molecule has 0 radical (unpaired) electrons. The summed E-state index contributed by atoms with van der Waals surface area (Å²) in [7, 11) is 1.60. The summed E-state index contributed by atoms with van der Waals surface area (Å²) in [6.07, 6.45) is 1.59. The van der Waals surface area contributed by atoms with Crippen LogP contribution in [0.4, 0.5) is 0 Å². The molecule has 0 aromatic carbocycles. The number of carbonyl (C=O) groups is 1. The fourth-order valence-electron chi connectivity index (χ4n) is 1.17. The Kier molecular flexibility index (Phi) is 5.83. The zero-order valence-electron chi connectivity index (χ0n) is 10.1. The van der Waals surface area contributed by atoms with Crippen LogP contribution < -0.4 is 16.0 Å². The highest BCUT2D eigenvalue weighted by molar-refractivity contribution is 5.86. The van der Waals surface area contributed by atoms with Gasteiger partial charge < -0.3 is 20.4 Å². The van der Waals surface area contributed by atoms with Gasteiger partial charge in [0.25, 0.3) is 0 Å². The molecule has 96 valence electrons. The maximum Gasteiger partial charge on any atom is 0.240 e. The zero-order chi connectivity index (χ0) is 13.2. The number of aliphatic imine (C=N–C) groups is 1. The van der Waals surface area contributed by atoms with Crippen LogP contribution in [-0.2, 0) is 11.3 Å². The van der Waals surface area contributed by atoms with E-state index in [1.165, 1.54) is 0 Å². The molecule has 1 rings (SSSR count). The van der Waals surface area contributed by atoms with Crippen LogP contribution >= 0.6 is 0 Å². The Labute approximate surface area is 105 Å². The number of hydrogen-bond acceptors (Lipinski definition) is 4. The van der Waals surface area contributed by atoms with Crippen LogP contribution in [0, 0.1) is 11.3 Å². The average Bonchev–Trinajstić information content (AvgIpc) is 2.89. The minimum Gasteiger partial charge on any atom is -0.467 e. The molecule has 0 spiro atoms. The van der Waals surface area contributed by atoms with Crippen molar-refractivity contribution in [3.8, 4) is 6.07 Å². The summed E-state index contributed by atoms with van der Waals surface area (Å²) >= 11 is 0. The van der Waals surface area contributed by atoms with Gasteiger partial charge in [0.1, 0.15) is 12.3 Å². The van der Waals surface area contributed by atoms with Crippen molar-refractivity contribution in [1.82, 2.24) is 16.0 Å². The minimum atomic E-state index is -0.266. The van der Waals surface area contributed by atoms with Gasteiger partial charge in [-0.05, 0) is 12.1 Å². The number of rotatable bonds is 5. The Morgan fingerprint density at radius 1 is 1.50 bits per heavy atom. The number of guanidine groups is 1. The molecule has 0 aliphatic heterocycles. The summed E-state index contributed by atoms with van der Waals surface area (Å²) in [6, 6.07) is 5.45. The molecule has 0 aliphatic rings. The smallest absolute Gasteiger partial charge is 0.240 e. The summed E-state index contributed by atoms with van der Waals surface area (Å²) in [4.78, 5) is 15.2. The molecular formula is C11H15N5O2. The van der Waals surface area contributed by atoms with Crippen molar-refractivity contribution < 1.29 is 9.21 Å². The summed E-state index contributed by atoms with van der Waals surface area (Å²) < 4.78 is 5.15. The van der Waals surface area contributed by atoms with Crippen LogP contribution in [0.5, 0.6) is 0 Å². The topological polar surface area (TPSA) is 102 Å². The second-order valence-electron chi connectivity index (χ2n) is 3.29. The van der Waals surface area contributed by atoms with Crippen LogP contribution in [-0.4, -0.2) is 32.0 Å². The first-order valence-electron chi connectivity index (χ1n) is 5.37. The number of nitrogens with zero attached hydrogens (tertiary/aromatic N) is 2. The van der Waals surface area contributed by atoms with E-state index < -0.39 is 0 Å². The van der Waals surface area contributed by atoms with Crippen molar-refractivity contribution in [1.29, 1.82) is 5.26 Å². The second-order valence-corrected chi connectivity index (χ2v) is 3.29. The summed E-state index contributed by atoms with van der Waals surface area (Å²) in [6.45, 7) is 0.533. The van der Waals surface area contributed by atoms with Gasteiger partial charge in [-0.3, -0.25) is 9.79 Å². The predicted octanol–water partition coefficient (Wildman–Crippen LogP) is -0.416. The number of furan rings is 1. The second kappa shape index (κ2) is 7.73. The SMILES string of the molecule is CN=C(NCC(=O)NCC#N)NCc1ccco1. The summed E-state index contributed by atoms with van der Waals surface area (Å²) in [5.41, 5.74) is 0. The highest BCUT2D eigenvalue weighted by Gasteiger charge is 2.03. The van der Waals surface area contributed by atoms with E-state index in [0.717, 1.165) is 5.76 Å². The highest BCUT2D eigenvalue weighted by atomic mass is 16.3. The molecule has 0 aliphatic carbocycles. The lowest BCUT2D eigenvalue weighted by Gasteiger charge is -2.10. The third-order valence-electron chi connectivity index (χ3n) is 2.01. The number of nitrogens with one attached hydrogen (secondary N) is 3. The van der Waals surface area contributed by atoms with Gasteiger partial charge in [0.15, 0.2) is 5.96 Å². The maximum absolute atomic E-state index is 11.2. The molecule has 0 saturated heterocycles. The molecule has 0 unspecified atom stereocenters. The van der Waals surface area contributed by atoms with Crippen LogP contribution in [0.1, 0.15) is 5.76 Å². The molecule has 7 heteroatoms. The van der Waals surface area contributed by atoms with E-state index in [1.807, 2.05) is 12.1 Å². The van der Waals surface area contributed by atoms with E-state index in [0.29, 0.717) is 12.5 Å². The molecule has 0 atom stereocenters. The fraction of sp³-hybridized carbons (Fsp3) is 0.364. The first kappa shape index (κ1) is 13.6. The van der Waals surface area contributed by atoms with Crippen LogP contribution in [0.2, 0.25) is 0 Å². The Hall–Kier alpha value is -2.49. The largest absolute Gasteiger partial charge is 0.467 e.